The summed E-state index contributed by atoms with van der Waals surface area (Å²) < 4.78 is 1.96. The fourth-order valence-corrected chi connectivity index (χ4v) is 4.14. The van der Waals surface area contributed by atoms with Crippen LogP contribution < -0.4 is 0 Å². The topological polar surface area (TPSA) is 30.2 Å². The van der Waals surface area contributed by atoms with Gasteiger partial charge in [0.05, 0.1) is 5.69 Å². The zero-order chi connectivity index (χ0) is 18.1. The number of aryl methyl sites for hydroxylation is 2. The summed E-state index contributed by atoms with van der Waals surface area (Å²) in [6, 6.07) is 20.4. The van der Waals surface area contributed by atoms with Crippen molar-refractivity contribution < 1.29 is 0 Å². The quantitative estimate of drug-likeness (QED) is 0.323. The maximum Gasteiger partial charge on any atom is 0.164 e. The van der Waals surface area contributed by atoms with Gasteiger partial charge in [0.2, 0.25) is 0 Å². The summed E-state index contributed by atoms with van der Waals surface area (Å²) in [6.07, 6.45) is 0. The van der Waals surface area contributed by atoms with E-state index in [4.69, 9.17) is 21.7 Å². The first kappa shape index (κ1) is 17.1. The molecular weight excluding hydrogens is 362 g/mol. The lowest BCUT2D eigenvalue weighted by Crippen LogP contribution is -1.97. The van der Waals surface area contributed by atoms with E-state index >= 15 is 0 Å². The van der Waals surface area contributed by atoms with Crippen LogP contribution in [0.2, 0.25) is 5.02 Å². The third kappa shape index (κ3) is 3.35. The highest BCUT2D eigenvalue weighted by molar-refractivity contribution is 7.98. The van der Waals surface area contributed by atoms with E-state index < -0.39 is 0 Å². The van der Waals surface area contributed by atoms with Crippen LogP contribution in [0, 0.1) is 13.8 Å². The SMILES string of the molecule is Cc1cc(SCc2ccccc2)n2nc(C)c(-c3ccc(Cl)cc3)c2n1. The Morgan fingerprint density at radius 2 is 1.73 bits per heavy atom. The van der Waals surface area contributed by atoms with Crippen LogP contribution in [0.1, 0.15) is 17.0 Å². The molecule has 0 bridgehead atoms. The van der Waals surface area contributed by atoms with Crippen LogP contribution in [0.4, 0.5) is 0 Å². The van der Waals surface area contributed by atoms with E-state index in [1.807, 2.05) is 48.7 Å². The highest BCUT2D eigenvalue weighted by Gasteiger charge is 2.16. The molecule has 4 rings (SSSR count). The lowest BCUT2D eigenvalue weighted by atomic mass is 10.1. The minimum absolute atomic E-state index is 0.728. The average Bonchev–Trinajstić information content (AvgIpc) is 2.97. The Kier molecular flexibility index (Phi) is 4.70. The van der Waals surface area contributed by atoms with Crippen molar-refractivity contribution in [2.45, 2.75) is 24.6 Å². The van der Waals surface area contributed by atoms with Crippen LogP contribution in [-0.4, -0.2) is 14.6 Å². The molecule has 0 unspecified atom stereocenters. The molecular formula is C21H18ClN3S. The van der Waals surface area contributed by atoms with E-state index in [-0.39, 0.29) is 0 Å². The Hall–Kier alpha value is -2.30. The Bertz CT molecular complexity index is 1060. The van der Waals surface area contributed by atoms with E-state index in [9.17, 15) is 0 Å². The van der Waals surface area contributed by atoms with Crippen molar-refractivity contribution in [3.8, 4) is 11.1 Å². The minimum Gasteiger partial charge on any atom is -0.233 e. The van der Waals surface area contributed by atoms with E-state index in [2.05, 4.69) is 30.3 Å². The second kappa shape index (κ2) is 7.14. The fraction of sp³-hybridized carbons (Fsp3) is 0.143. The summed E-state index contributed by atoms with van der Waals surface area (Å²) in [5, 5.41) is 6.59. The van der Waals surface area contributed by atoms with E-state index in [0.717, 1.165) is 44.0 Å². The molecule has 3 nitrogen and oxygen atoms in total. The molecule has 0 spiro atoms. The zero-order valence-corrected chi connectivity index (χ0v) is 16.2. The van der Waals surface area contributed by atoms with Gasteiger partial charge in [0.25, 0.3) is 0 Å². The summed E-state index contributed by atoms with van der Waals surface area (Å²) in [7, 11) is 0. The van der Waals surface area contributed by atoms with Gasteiger partial charge in [-0.05, 0) is 43.2 Å². The van der Waals surface area contributed by atoms with Gasteiger partial charge in [-0.3, -0.25) is 0 Å². The molecule has 0 atom stereocenters. The van der Waals surface area contributed by atoms with Crippen molar-refractivity contribution in [2.24, 2.45) is 0 Å². The van der Waals surface area contributed by atoms with Gasteiger partial charge >= 0.3 is 0 Å². The first-order valence-electron chi connectivity index (χ1n) is 8.41. The molecule has 130 valence electrons. The lowest BCUT2D eigenvalue weighted by molar-refractivity contribution is 0.821. The van der Waals surface area contributed by atoms with Crippen molar-refractivity contribution >= 4 is 29.0 Å². The van der Waals surface area contributed by atoms with Crippen molar-refractivity contribution in [1.82, 2.24) is 14.6 Å². The van der Waals surface area contributed by atoms with Gasteiger partial charge in [-0.1, -0.05) is 54.1 Å². The largest absolute Gasteiger partial charge is 0.233 e. The van der Waals surface area contributed by atoms with E-state index in [1.165, 1.54) is 5.56 Å². The van der Waals surface area contributed by atoms with Crippen molar-refractivity contribution in [3.63, 3.8) is 0 Å². The normalized spacial score (nSPS) is 11.2. The number of hydrogen-bond acceptors (Lipinski definition) is 3. The maximum absolute atomic E-state index is 6.04. The summed E-state index contributed by atoms with van der Waals surface area (Å²) in [4.78, 5) is 4.77. The molecule has 0 aliphatic carbocycles. The highest BCUT2D eigenvalue weighted by atomic mass is 35.5. The van der Waals surface area contributed by atoms with Crippen LogP contribution in [0.25, 0.3) is 16.8 Å². The van der Waals surface area contributed by atoms with E-state index in [0.29, 0.717) is 0 Å². The monoisotopic (exact) mass is 379 g/mol. The van der Waals surface area contributed by atoms with Crippen LogP contribution in [0.15, 0.2) is 65.7 Å². The summed E-state index contributed by atoms with van der Waals surface area (Å²) >= 11 is 7.82. The van der Waals surface area contributed by atoms with Gasteiger partial charge in [-0.2, -0.15) is 5.10 Å². The molecule has 5 heteroatoms. The third-order valence-electron chi connectivity index (χ3n) is 4.22. The third-order valence-corrected chi connectivity index (χ3v) is 5.54. The maximum atomic E-state index is 6.04. The molecule has 0 aliphatic heterocycles. The summed E-state index contributed by atoms with van der Waals surface area (Å²) in [6.45, 7) is 4.06. The van der Waals surface area contributed by atoms with Gasteiger partial charge in [0.1, 0.15) is 5.03 Å². The number of nitrogens with zero attached hydrogens (tertiary/aromatic N) is 3. The minimum atomic E-state index is 0.728. The van der Waals surface area contributed by atoms with Gasteiger partial charge in [-0.25, -0.2) is 9.50 Å². The number of benzene rings is 2. The fourth-order valence-electron chi connectivity index (χ4n) is 3.00. The molecule has 0 aliphatic rings. The van der Waals surface area contributed by atoms with Gasteiger partial charge in [0.15, 0.2) is 5.65 Å². The van der Waals surface area contributed by atoms with E-state index in [1.54, 1.807) is 11.8 Å². The Labute approximate surface area is 162 Å². The van der Waals surface area contributed by atoms with Crippen molar-refractivity contribution in [2.75, 3.05) is 0 Å². The molecule has 0 saturated heterocycles. The smallest absolute Gasteiger partial charge is 0.164 e. The average molecular weight is 380 g/mol. The van der Waals surface area contributed by atoms with Crippen LogP contribution in [0.3, 0.4) is 0 Å². The van der Waals surface area contributed by atoms with Crippen LogP contribution in [0.5, 0.6) is 0 Å². The van der Waals surface area contributed by atoms with Crippen LogP contribution in [-0.2, 0) is 5.75 Å². The highest BCUT2D eigenvalue weighted by Crippen LogP contribution is 2.32. The molecule has 0 amide bonds. The number of halogens is 1. The van der Waals surface area contributed by atoms with Crippen LogP contribution >= 0.6 is 23.4 Å². The van der Waals surface area contributed by atoms with Crippen molar-refractivity contribution in [3.05, 3.63) is 82.6 Å². The molecule has 0 saturated carbocycles. The standard InChI is InChI=1S/C21H18ClN3S/c1-14-12-19(26-13-16-6-4-3-5-7-16)25-21(23-14)20(15(2)24-25)17-8-10-18(22)11-9-17/h3-12H,13H2,1-2H3. The summed E-state index contributed by atoms with van der Waals surface area (Å²) in [5.41, 5.74) is 6.28. The number of aromatic nitrogens is 3. The Morgan fingerprint density at radius 3 is 2.46 bits per heavy atom. The lowest BCUT2D eigenvalue weighted by Gasteiger charge is -2.07. The first-order chi connectivity index (χ1) is 12.6. The molecule has 4 aromatic rings. The predicted molar refractivity (Wildman–Crippen MR) is 109 cm³/mol. The molecule has 26 heavy (non-hydrogen) atoms. The Morgan fingerprint density at radius 1 is 1.00 bits per heavy atom. The zero-order valence-electron chi connectivity index (χ0n) is 14.6. The molecule has 0 radical (unpaired) electrons. The second-order valence-corrected chi connectivity index (χ2v) is 7.64. The second-order valence-electron chi connectivity index (χ2n) is 6.21. The first-order valence-corrected chi connectivity index (χ1v) is 9.78. The van der Waals surface area contributed by atoms with Gasteiger partial charge in [0, 0.05) is 22.0 Å². The number of thioether (sulfide) groups is 1. The number of rotatable bonds is 4. The van der Waals surface area contributed by atoms with Gasteiger partial charge < -0.3 is 0 Å². The number of fused-ring (bicyclic) bond motifs is 1. The Balaban J connectivity index is 1.78. The number of hydrogen-bond donors (Lipinski definition) is 0. The molecule has 2 heterocycles. The molecule has 2 aromatic carbocycles. The van der Waals surface area contributed by atoms with Gasteiger partial charge in [-0.15, -0.1) is 11.8 Å². The molecule has 0 N–H and O–H groups in total. The molecule has 0 fully saturated rings. The van der Waals surface area contributed by atoms with Crippen molar-refractivity contribution in [1.29, 1.82) is 0 Å². The molecule has 2 aromatic heterocycles. The predicted octanol–water partition coefficient (Wildman–Crippen LogP) is 5.96. The summed E-state index contributed by atoms with van der Waals surface area (Å²) in [5.74, 6) is 0.897.